The number of nitrogens with one attached hydrogen (secondary N) is 1. The number of aliphatic hydroxyl groups is 1. The van der Waals surface area contributed by atoms with Crippen LogP contribution >= 0.6 is 11.3 Å². The summed E-state index contributed by atoms with van der Waals surface area (Å²) in [5.41, 5.74) is 3.85. The zero-order valence-corrected chi connectivity index (χ0v) is 15.9. The van der Waals surface area contributed by atoms with Crippen molar-refractivity contribution in [2.45, 2.75) is 12.8 Å². The molecular formula is C20H22N4O2S. The molecule has 1 aliphatic heterocycles. The summed E-state index contributed by atoms with van der Waals surface area (Å²) in [6, 6.07) is 11.5. The van der Waals surface area contributed by atoms with Crippen molar-refractivity contribution in [3.8, 4) is 5.69 Å². The third-order valence-corrected chi connectivity index (χ3v) is 5.74. The number of nitrogens with zero attached hydrogens (tertiary/aromatic N) is 3. The first-order valence-electron chi connectivity index (χ1n) is 8.95. The van der Waals surface area contributed by atoms with E-state index in [1.807, 2.05) is 48.8 Å². The van der Waals surface area contributed by atoms with Crippen molar-refractivity contribution < 1.29 is 9.90 Å². The van der Waals surface area contributed by atoms with E-state index >= 15 is 0 Å². The molecule has 2 atom stereocenters. The van der Waals surface area contributed by atoms with Gasteiger partial charge in [-0.1, -0.05) is 0 Å². The van der Waals surface area contributed by atoms with E-state index in [1.54, 1.807) is 20.9 Å². The van der Waals surface area contributed by atoms with E-state index in [2.05, 4.69) is 21.9 Å². The molecule has 1 saturated heterocycles. The van der Waals surface area contributed by atoms with Crippen molar-refractivity contribution in [1.82, 2.24) is 14.7 Å². The number of anilines is 1. The fourth-order valence-corrected chi connectivity index (χ4v) is 4.27. The largest absolute Gasteiger partial charge is 0.396 e. The number of carbonyl (C=O) groups excluding carboxylic acids is 1. The lowest BCUT2D eigenvalue weighted by Gasteiger charge is -2.17. The van der Waals surface area contributed by atoms with E-state index in [-0.39, 0.29) is 24.5 Å². The van der Waals surface area contributed by atoms with Gasteiger partial charge in [-0.05, 0) is 59.6 Å². The molecule has 3 heterocycles. The Kier molecular flexibility index (Phi) is 4.96. The van der Waals surface area contributed by atoms with Crippen LogP contribution in [0.1, 0.15) is 17.2 Å². The first-order valence-corrected chi connectivity index (χ1v) is 9.90. The van der Waals surface area contributed by atoms with Crippen LogP contribution in [-0.2, 0) is 0 Å². The number of aliphatic hydroxyl groups excluding tert-OH is 1. The molecule has 0 saturated carbocycles. The molecule has 2 aromatic heterocycles. The molecule has 0 aliphatic carbocycles. The van der Waals surface area contributed by atoms with Gasteiger partial charge in [-0.3, -0.25) is 0 Å². The Morgan fingerprint density at radius 2 is 2.07 bits per heavy atom. The zero-order chi connectivity index (χ0) is 18.8. The molecule has 1 fully saturated rings. The lowest BCUT2D eigenvalue weighted by Crippen LogP contribution is -2.33. The van der Waals surface area contributed by atoms with Crippen LogP contribution in [0.15, 0.2) is 53.4 Å². The zero-order valence-electron chi connectivity index (χ0n) is 15.1. The summed E-state index contributed by atoms with van der Waals surface area (Å²) in [6.45, 7) is 3.22. The number of likely N-dealkylation sites (tertiary alicyclic amines) is 1. The highest BCUT2D eigenvalue weighted by molar-refractivity contribution is 7.08. The standard InChI is InChI=1S/C20H22N4O2S/c1-14-6-8-24(22-14)18-4-2-17(3-5-18)21-20(26)23-10-16(12-25)19(11-23)15-7-9-27-13-15/h2-9,13,16,19,25H,10-12H2,1H3,(H,21,26)/t16-,19-/m0/s1. The van der Waals surface area contributed by atoms with Crippen molar-refractivity contribution >= 4 is 23.1 Å². The molecule has 0 radical (unpaired) electrons. The number of amides is 2. The van der Waals surface area contributed by atoms with Crippen LogP contribution in [0.5, 0.6) is 0 Å². The maximum atomic E-state index is 12.7. The summed E-state index contributed by atoms with van der Waals surface area (Å²) in [7, 11) is 0. The van der Waals surface area contributed by atoms with Crippen molar-refractivity contribution in [2.75, 3.05) is 25.0 Å². The Hall–Kier alpha value is -2.64. The first kappa shape index (κ1) is 17.8. The normalized spacial score (nSPS) is 19.4. The number of aryl methyl sites for hydroxylation is 1. The van der Waals surface area contributed by atoms with Crippen molar-refractivity contribution in [1.29, 1.82) is 0 Å². The van der Waals surface area contributed by atoms with Gasteiger partial charge in [0.25, 0.3) is 0 Å². The second-order valence-electron chi connectivity index (χ2n) is 6.89. The van der Waals surface area contributed by atoms with Gasteiger partial charge in [0.05, 0.1) is 11.4 Å². The van der Waals surface area contributed by atoms with E-state index in [0.29, 0.717) is 13.1 Å². The molecule has 4 rings (SSSR count). The highest BCUT2D eigenvalue weighted by Crippen LogP contribution is 2.33. The van der Waals surface area contributed by atoms with Crippen LogP contribution < -0.4 is 5.32 Å². The summed E-state index contributed by atoms with van der Waals surface area (Å²) in [4.78, 5) is 14.5. The summed E-state index contributed by atoms with van der Waals surface area (Å²) in [5.74, 6) is 0.271. The van der Waals surface area contributed by atoms with Crippen molar-refractivity contribution in [3.63, 3.8) is 0 Å². The Morgan fingerprint density at radius 1 is 1.26 bits per heavy atom. The molecule has 1 aromatic carbocycles. The fourth-order valence-electron chi connectivity index (χ4n) is 3.54. The van der Waals surface area contributed by atoms with Gasteiger partial charge in [0, 0.05) is 43.4 Å². The number of benzene rings is 1. The average Bonchev–Trinajstić information content (AvgIpc) is 3.42. The van der Waals surface area contributed by atoms with Crippen molar-refractivity contribution in [2.24, 2.45) is 5.92 Å². The molecular weight excluding hydrogens is 360 g/mol. The Labute approximate surface area is 162 Å². The third-order valence-electron chi connectivity index (χ3n) is 5.04. The summed E-state index contributed by atoms with van der Waals surface area (Å²) in [6.07, 6.45) is 1.91. The van der Waals surface area contributed by atoms with Crippen LogP contribution in [0.4, 0.5) is 10.5 Å². The maximum Gasteiger partial charge on any atom is 0.321 e. The second-order valence-corrected chi connectivity index (χ2v) is 7.67. The van der Waals surface area contributed by atoms with Crippen LogP contribution in [0, 0.1) is 12.8 Å². The number of urea groups is 1. The van der Waals surface area contributed by atoms with Crippen molar-refractivity contribution in [3.05, 3.63) is 64.6 Å². The molecule has 2 N–H and O–H groups in total. The highest BCUT2D eigenvalue weighted by atomic mass is 32.1. The fraction of sp³-hybridized carbons (Fsp3) is 0.300. The second kappa shape index (κ2) is 7.54. The predicted octanol–water partition coefficient (Wildman–Crippen LogP) is 3.48. The highest BCUT2D eigenvalue weighted by Gasteiger charge is 2.35. The lowest BCUT2D eigenvalue weighted by molar-refractivity contribution is 0.207. The van der Waals surface area contributed by atoms with E-state index in [9.17, 15) is 9.90 Å². The van der Waals surface area contributed by atoms with Gasteiger partial charge in [0.2, 0.25) is 0 Å². The van der Waals surface area contributed by atoms with Gasteiger partial charge in [-0.15, -0.1) is 0 Å². The summed E-state index contributed by atoms with van der Waals surface area (Å²) >= 11 is 1.64. The Morgan fingerprint density at radius 3 is 2.70 bits per heavy atom. The molecule has 0 unspecified atom stereocenters. The van der Waals surface area contributed by atoms with E-state index in [1.165, 1.54) is 5.56 Å². The Balaban J connectivity index is 1.42. The first-order chi connectivity index (χ1) is 13.1. The number of thiophene rings is 1. The van der Waals surface area contributed by atoms with Gasteiger partial charge in [0.15, 0.2) is 0 Å². The molecule has 7 heteroatoms. The minimum absolute atomic E-state index is 0.0794. The number of carbonyl (C=O) groups is 1. The van der Waals surface area contributed by atoms with E-state index in [4.69, 9.17) is 0 Å². The topological polar surface area (TPSA) is 70.4 Å². The molecule has 6 nitrogen and oxygen atoms in total. The van der Waals surface area contributed by atoms with E-state index < -0.39 is 0 Å². The van der Waals surface area contributed by atoms with Gasteiger partial charge in [0.1, 0.15) is 0 Å². The van der Waals surface area contributed by atoms with Crippen LogP contribution in [0.25, 0.3) is 5.69 Å². The number of aromatic nitrogens is 2. The van der Waals surface area contributed by atoms with Crippen LogP contribution in [-0.4, -0.2) is 45.5 Å². The number of hydrogen-bond acceptors (Lipinski definition) is 4. The SMILES string of the molecule is Cc1ccn(-c2ccc(NC(=O)N3C[C@@H](CO)[C@H](c4ccsc4)C3)cc2)n1. The van der Waals surface area contributed by atoms with Gasteiger partial charge in [-0.25, -0.2) is 9.48 Å². The van der Waals surface area contributed by atoms with Gasteiger partial charge < -0.3 is 15.3 Å². The predicted molar refractivity (Wildman–Crippen MR) is 107 cm³/mol. The molecule has 140 valence electrons. The average molecular weight is 382 g/mol. The molecule has 1 aliphatic rings. The Bertz CT molecular complexity index is 904. The third kappa shape index (κ3) is 3.74. The van der Waals surface area contributed by atoms with Crippen LogP contribution in [0.2, 0.25) is 0 Å². The lowest BCUT2D eigenvalue weighted by atomic mass is 9.92. The molecule has 27 heavy (non-hydrogen) atoms. The number of rotatable bonds is 4. The van der Waals surface area contributed by atoms with Crippen LogP contribution in [0.3, 0.4) is 0 Å². The van der Waals surface area contributed by atoms with Gasteiger partial charge >= 0.3 is 6.03 Å². The number of hydrogen-bond donors (Lipinski definition) is 2. The minimum Gasteiger partial charge on any atom is -0.396 e. The van der Waals surface area contributed by atoms with E-state index in [0.717, 1.165) is 17.1 Å². The van der Waals surface area contributed by atoms with Gasteiger partial charge in [-0.2, -0.15) is 16.4 Å². The smallest absolute Gasteiger partial charge is 0.321 e. The molecule has 2 amide bonds. The quantitative estimate of drug-likeness (QED) is 0.726. The minimum atomic E-state index is -0.131. The molecule has 0 spiro atoms. The molecule has 3 aromatic rings. The maximum absolute atomic E-state index is 12.7. The monoisotopic (exact) mass is 382 g/mol. The summed E-state index contributed by atoms with van der Waals surface area (Å²) in [5, 5.41) is 21.2. The molecule has 0 bridgehead atoms. The summed E-state index contributed by atoms with van der Waals surface area (Å²) < 4.78 is 1.80.